The van der Waals surface area contributed by atoms with Gasteiger partial charge in [0.25, 0.3) is 0 Å². The van der Waals surface area contributed by atoms with Crippen molar-refractivity contribution in [2.24, 2.45) is 0 Å². The maximum Gasteiger partial charge on any atom is 0.225 e. The van der Waals surface area contributed by atoms with E-state index in [1.54, 1.807) is 7.11 Å². The second kappa shape index (κ2) is 2.89. The third-order valence-electron chi connectivity index (χ3n) is 1.55. The predicted molar refractivity (Wildman–Crippen MR) is 53.2 cm³/mol. The van der Waals surface area contributed by atoms with Gasteiger partial charge in [-0.05, 0) is 28.7 Å². The van der Waals surface area contributed by atoms with Crippen LogP contribution in [0.15, 0.2) is 12.4 Å². The van der Waals surface area contributed by atoms with Crippen LogP contribution in [0.3, 0.4) is 0 Å². The minimum Gasteiger partial charge on any atom is -0.480 e. The van der Waals surface area contributed by atoms with Gasteiger partial charge in [0, 0.05) is 0 Å². The normalized spacial score (nSPS) is 10.5. The van der Waals surface area contributed by atoms with Gasteiger partial charge in [-0.15, -0.1) is 0 Å². The van der Waals surface area contributed by atoms with E-state index in [4.69, 9.17) is 4.74 Å². The lowest BCUT2D eigenvalue weighted by atomic mass is 10.4. The number of nitrogens with one attached hydrogen (secondary N) is 1. The molecule has 4 nitrogen and oxygen atoms in total. The van der Waals surface area contributed by atoms with Crippen molar-refractivity contribution in [1.29, 1.82) is 0 Å². The smallest absolute Gasteiger partial charge is 0.225 e. The highest BCUT2D eigenvalue weighted by atomic mass is 127. The van der Waals surface area contributed by atoms with Crippen LogP contribution >= 0.6 is 22.6 Å². The quantitative estimate of drug-likeness (QED) is 0.804. The van der Waals surface area contributed by atoms with E-state index in [-0.39, 0.29) is 0 Å². The third kappa shape index (κ3) is 1.13. The molecule has 0 aliphatic rings. The monoisotopic (exact) mass is 275 g/mol. The van der Waals surface area contributed by atoms with Crippen molar-refractivity contribution < 1.29 is 4.74 Å². The average Bonchev–Trinajstić information content (AvgIpc) is 2.44. The number of hydrogen-bond acceptors (Lipinski definition) is 3. The first-order valence-electron chi connectivity index (χ1n) is 3.34. The fourth-order valence-electron chi connectivity index (χ4n) is 1.05. The van der Waals surface area contributed by atoms with Crippen molar-refractivity contribution in [3.05, 3.63) is 16.1 Å². The van der Waals surface area contributed by atoms with Crippen LogP contribution in [0.4, 0.5) is 0 Å². The lowest BCUT2D eigenvalue weighted by molar-refractivity contribution is 0.402. The fourth-order valence-corrected chi connectivity index (χ4v) is 1.61. The molecule has 0 bridgehead atoms. The summed E-state index contributed by atoms with van der Waals surface area (Å²) in [4.78, 5) is 11.1. The molecule has 2 rings (SSSR count). The summed E-state index contributed by atoms with van der Waals surface area (Å²) < 4.78 is 6.10. The Balaban J connectivity index is 2.78. The topological polar surface area (TPSA) is 50.8 Å². The second-order valence-electron chi connectivity index (χ2n) is 2.26. The molecule has 0 fully saturated rings. The van der Waals surface area contributed by atoms with Crippen LogP contribution in [0, 0.1) is 3.70 Å². The zero-order valence-corrected chi connectivity index (χ0v) is 8.49. The minimum atomic E-state index is 0.610. The molecule has 0 saturated carbocycles. The summed E-state index contributed by atoms with van der Waals surface area (Å²) in [6.45, 7) is 0. The Morgan fingerprint density at radius 1 is 1.50 bits per heavy atom. The molecule has 2 aromatic heterocycles. The molecule has 0 saturated heterocycles. The van der Waals surface area contributed by atoms with Crippen molar-refractivity contribution in [3.8, 4) is 5.88 Å². The van der Waals surface area contributed by atoms with Crippen LogP contribution < -0.4 is 4.74 Å². The Bertz CT molecular complexity index is 412. The number of halogens is 1. The van der Waals surface area contributed by atoms with Crippen molar-refractivity contribution in [1.82, 2.24) is 15.0 Å². The van der Waals surface area contributed by atoms with Crippen LogP contribution in [0.5, 0.6) is 5.88 Å². The van der Waals surface area contributed by atoms with Crippen LogP contribution in [-0.2, 0) is 0 Å². The summed E-state index contributed by atoms with van der Waals surface area (Å²) in [5.41, 5.74) is 0.811. The van der Waals surface area contributed by atoms with Crippen molar-refractivity contribution in [2.45, 2.75) is 0 Å². The van der Waals surface area contributed by atoms with Gasteiger partial charge in [-0.25, -0.2) is 9.97 Å². The molecule has 0 aliphatic heterocycles. The van der Waals surface area contributed by atoms with Gasteiger partial charge >= 0.3 is 0 Å². The van der Waals surface area contributed by atoms with Crippen LogP contribution in [0.2, 0.25) is 0 Å². The minimum absolute atomic E-state index is 0.610. The largest absolute Gasteiger partial charge is 0.480 e. The van der Waals surface area contributed by atoms with Gasteiger partial charge in [0.1, 0.15) is 12.0 Å². The lowest BCUT2D eigenvalue weighted by Gasteiger charge is -1.96. The first-order chi connectivity index (χ1) is 5.81. The molecule has 12 heavy (non-hydrogen) atoms. The highest BCUT2D eigenvalue weighted by molar-refractivity contribution is 14.1. The number of H-pyrrole nitrogens is 1. The highest BCUT2D eigenvalue weighted by Gasteiger charge is 2.05. The van der Waals surface area contributed by atoms with Gasteiger partial charge in [0.15, 0.2) is 0 Å². The molecule has 0 atom stereocenters. The number of fused-ring (bicyclic) bond motifs is 1. The third-order valence-corrected chi connectivity index (χ3v) is 2.13. The van der Waals surface area contributed by atoms with E-state index >= 15 is 0 Å². The number of ether oxygens (including phenoxy) is 1. The van der Waals surface area contributed by atoms with Gasteiger partial charge in [0.2, 0.25) is 5.88 Å². The molecular weight excluding hydrogens is 269 g/mol. The first-order valence-corrected chi connectivity index (χ1v) is 4.42. The molecule has 0 amide bonds. The zero-order chi connectivity index (χ0) is 8.55. The summed E-state index contributed by atoms with van der Waals surface area (Å²) >= 11 is 2.19. The Hall–Kier alpha value is -0.850. The molecule has 0 radical (unpaired) electrons. The predicted octanol–water partition coefficient (Wildman–Crippen LogP) is 1.57. The first kappa shape index (κ1) is 7.78. The molecule has 5 heteroatoms. The number of hydrogen-bond donors (Lipinski definition) is 1. The lowest BCUT2D eigenvalue weighted by Crippen LogP contribution is -1.88. The van der Waals surface area contributed by atoms with Crippen LogP contribution in [0.1, 0.15) is 0 Å². The number of methoxy groups -OCH3 is 1. The zero-order valence-electron chi connectivity index (χ0n) is 6.34. The summed E-state index contributed by atoms with van der Waals surface area (Å²) in [6, 6.07) is 1.95. The summed E-state index contributed by atoms with van der Waals surface area (Å²) in [5.74, 6) is 0.610. The number of nitrogens with zero attached hydrogens (tertiary/aromatic N) is 2. The van der Waals surface area contributed by atoms with Crippen molar-refractivity contribution in [2.75, 3.05) is 7.11 Å². The molecule has 0 aliphatic carbocycles. The molecule has 0 spiro atoms. The van der Waals surface area contributed by atoms with Crippen molar-refractivity contribution >= 4 is 33.6 Å². The highest BCUT2D eigenvalue weighted by Crippen LogP contribution is 2.21. The van der Waals surface area contributed by atoms with Crippen LogP contribution in [-0.4, -0.2) is 22.1 Å². The maximum absolute atomic E-state index is 5.07. The molecule has 0 aromatic carbocycles. The van der Waals surface area contributed by atoms with E-state index in [0.29, 0.717) is 5.88 Å². The van der Waals surface area contributed by atoms with E-state index in [2.05, 4.69) is 37.5 Å². The van der Waals surface area contributed by atoms with E-state index in [9.17, 15) is 0 Å². The molecule has 2 heterocycles. The molecule has 0 unspecified atom stereocenters. The van der Waals surface area contributed by atoms with Gasteiger partial charge < -0.3 is 9.72 Å². The Morgan fingerprint density at radius 2 is 2.33 bits per heavy atom. The Labute approximate surface area is 82.5 Å². The molecule has 1 N–H and O–H groups in total. The van der Waals surface area contributed by atoms with Gasteiger partial charge in [-0.3, -0.25) is 0 Å². The van der Waals surface area contributed by atoms with Crippen molar-refractivity contribution in [3.63, 3.8) is 0 Å². The summed E-state index contributed by atoms with van der Waals surface area (Å²) in [7, 11) is 1.60. The molecular formula is C7H6IN3O. The number of rotatable bonds is 1. The maximum atomic E-state index is 5.07. The van der Waals surface area contributed by atoms with E-state index in [1.807, 2.05) is 6.07 Å². The van der Waals surface area contributed by atoms with Gasteiger partial charge in [-0.2, -0.15) is 0 Å². The van der Waals surface area contributed by atoms with E-state index in [0.717, 1.165) is 14.7 Å². The SMILES string of the molecule is COc1ncnc2[nH]c(I)cc12. The van der Waals surface area contributed by atoms with Crippen LogP contribution in [0.25, 0.3) is 11.0 Å². The standard InChI is InChI=1S/C7H6IN3O/c1-12-7-4-2-5(8)11-6(4)9-3-10-7/h2-3H,1H3,(H,9,10,11). The number of aromatic nitrogens is 3. The Morgan fingerprint density at radius 3 is 3.08 bits per heavy atom. The second-order valence-corrected chi connectivity index (χ2v) is 3.42. The Kier molecular flexibility index (Phi) is 1.87. The molecule has 2 aromatic rings. The average molecular weight is 275 g/mol. The summed E-state index contributed by atoms with van der Waals surface area (Å²) in [5, 5.41) is 0.921. The van der Waals surface area contributed by atoms with Gasteiger partial charge in [-0.1, -0.05) is 0 Å². The fraction of sp³-hybridized carbons (Fsp3) is 0.143. The van der Waals surface area contributed by atoms with Gasteiger partial charge in [0.05, 0.1) is 16.2 Å². The molecule has 62 valence electrons. The summed E-state index contributed by atoms with van der Waals surface area (Å²) in [6.07, 6.45) is 1.48. The van der Waals surface area contributed by atoms with E-state index in [1.165, 1.54) is 6.33 Å². The number of aromatic amines is 1. The van der Waals surface area contributed by atoms with E-state index < -0.39 is 0 Å².